The predicted octanol–water partition coefficient (Wildman–Crippen LogP) is 3.67. The van der Waals surface area contributed by atoms with Gasteiger partial charge in [0, 0.05) is 23.1 Å². The fraction of sp³-hybridized carbons (Fsp3) is 0.294. The Morgan fingerprint density at radius 1 is 1.41 bits per heavy atom. The van der Waals surface area contributed by atoms with Gasteiger partial charge in [0.1, 0.15) is 11.9 Å². The SMILES string of the molecule is Cc1cc(-c2cc([C@@H]3CCOC3)c(C#N)c(N)n2)ccc1Cl. The van der Waals surface area contributed by atoms with E-state index in [1.54, 1.807) is 0 Å². The zero-order valence-corrected chi connectivity index (χ0v) is 13.0. The van der Waals surface area contributed by atoms with Gasteiger partial charge in [-0.15, -0.1) is 0 Å². The summed E-state index contributed by atoms with van der Waals surface area (Å²) in [5, 5.41) is 10.1. The number of halogens is 1. The molecule has 1 aromatic carbocycles. The minimum absolute atomic E-state index is 0.201. The lowest BCUT2D eigenvalue weighted by Crippen LogP contribution is -2.07. The van der Waals surface area contributed by atoms with Crippen LogP contribution in [0.2, 0.25) is 5.02 Å². The third-order valence-electron chi connectivity index (χ3n) is 4.01. The molecule has 5 heteroatoms. The first kappa shape index (κ1) is 14.8. The third kappa shape index (κ3) is 2.66. The van der Waals surface area contributed by atoms with E-state index in [0.29, 0.717) is 18.8 Å². The van der Waals surface area contributed by atoms with Gasteiger partial charge in [0.15, 0.2) is 0 Å². The van der Waals surface area contributed by atoms with E-state index < -0.39 is 0 Å². The van der Waals surface area contributed by atoms with Crippen molar-refractivity contribution in [1.29, 1.82) is 5.26 Å². The number of anilines is 1. The van der Waals surface area contributed by atoms with Crippen molar-refractivity contribution in [3.8, 4) is 17.3 Å². The number of aryl methyl sites for hydroxylation is 1. The second kappa shape index (κ2) is 5.96. The van der Waals surface area contributed by atoms with Crippen molar-refractivity contribution in [2.24, 2.45) is 0 Å². The van der Waals surface area contributed by atoms with Gasteiger partial charge in [0.05, 0.1) is 17.9 Å². The van der Waals surface area contributed by atoms with E-state index in [9.17, 15) is 5.26 Å². The quantitative estimate of drug-likeness (QED) is 0.918. The smallest absolute Gasteiger partial charge is 0.142 e. The molecule has 3 rings (SSSR count). The molecule has 0 spiro atoms. The molecule has 0 unspecified atom stereocenters. The van der Waals surface area contributed by atoms with Crippen molar-refractivity contribution in [3.05, 3.63) is 46.0 Å². The number of hydrogen-bond donors (Lipinski definition) is 1. The van der Waals surface area contributed by atoms with Crippen LogP contribution in [0.3, 0.4) is 0 Å². The molecule has 1 atom stereocenters. The Labute approximate surface area is 134 Å². The van der Waals surface area contributed by atoms with Crippen molar-refractivity contribution in [3.63, 3.8) is 0 Å². The summed E-state index contributed by atoms with van der Waals surface area (Å²) in [5.41, 5.74) is 10.1. The largest absolute Gasteiger partial charge is 0.383 e. The van der Waals surface area contributed by atoms with E-state index in [-0.39, 0.29) is 11.7 Å². The van der Waals surface area contributed by atoms with Crippen LogP contribution >= 0.6 is 11.6 Å². The van der Waals surface area contributed by atoms with Gasteiger partial charge in [-0.05, 0) is 42.7 Å². The highest BCUT2D eigenvalue weighted by atomic mass is 35.5. The van der Waals surface area contributed by atoms with E-state index in [1.807, 2.05) is 31.2 Å². The molecule has 22 heavy (non-hydrogen) atoms. The second-order valence-electron chi connectivity index (χ2n) is 5.49. The summed E-state index contributed by atoms with van der Waals surface area (Å²) < 4.78 is 5.44. The molecule has 0 radical (unpaired) electrons. The number of benzene rings is 1. The Balaban J connectivity index is 2.12. The lowest BCUT2D eigenvalue weighted by atomic mass is 9.93. The van der Waals surface area contributed by atoms with Crippen LogP contribution in [0, 0.1) is 18.3 Å². The lowest BCUT2D eigenvalue weighted by molar-refractivity contribution is 0.194. The van der Waals surface area contributed by atoms with E-state index in [1.165, 1.54) is 0 Å². The molecule has 1 aliphatic heterocycles. The van der Waals surface area contributed by atoms with Crippen molar-refractivity contribution >= 4 is 17.4 Å². The van der Waals surface area contributed by atoms with Gasteiger partial charge in [-0.1, -0.05) is 17.7 Å². The van der Waals surface area contributed by atoms with Crippen molar-refractivity contribution in [2.75, 3.05) is 18.9 Å². The molecule has 1 fully saturated rings. The molecule has 1 saturated heterocycles. The van der Waals surface area contributed by atoms with E-state index in [0.717, 1.165) is 33.8 Å². The van der Waals surface area contributed by atoms with Gasteiger partial charge in [0.25, 0.3) is 0 Å². The van der Waals surface area contributed by atoms with Gasteiger partial charge in [-0.25, -0.2) is 4.98 Å². The normalized spacial score (nSPS) is 17.4. The molecule has 0 aliphatic carbocycles. The molecule has 0 saturated carbocycles. The highest BCUT2D eigenvalue weighted by Gasteiger charge is 2.23. The van der Waals surface area contributed by atoms with Gasteiger partial charge in [-0.2, -0.15) is 5.26 Å². The highest BCUT2D eigenvalue weighted by Crippen LogP contribution is 2.33. The number of ether oxygens (including phenoxy) is 1. The number of pyridine rings is 1. The topological polar surface area (TPSA) is 71.9 Å². The van der Waals surface area contributed by atoms with Crippen molar-refractivity contribution in [1.82, 2.24) is 4.98 Å². The number of aromatic nitrogens is 1. The molecular weight excluding hydrogens is 298 g/mol. The Hall–Kier alpha value is -2.09. The monoisotopic (exact) mass is 313 g/mol. The van der Waals surface area contributed by atoms with Crippen LogP contribution in [0.5, 0.6) is 0 Å². The Bertz CT molecular complexity index is 761. The average Bonchev–Trinajstić information content (AvgIpc) is 3.03. The first-order valence-electron chi connectivity index (χ1n) is 7.15. The van der Waals surface area contributed by atoms with E-state index >= 15 is 0 Å². The fourth-order valence-electron chi connectivity index (χ4n) is 2.76. The minimum Gasteiger partial charge on any atom is -0.383 e. The maximum absolute atomic E-state index is 9.37. The molecule has 0 amide bonds. The van der Waals surface area contributed by atoms with Gasteiger partial charge < -0.3 is 10.5 Å². The number of rotatable bonds is 2. The summed E-state index contributed by atoms with van der Waals surface area (Å²) in [4.78, 5) is 4.39. The molecule has 2 heterocycles. The summed E-state index contributed by atoms with van der Waals surface area (Å²) >= 11 is 6.08. The number of nitrogens with zero attached hydrogens (tertiary/aromatic N) is 2. The molecular formula is C17H16ClN3O. The molecule has 112 valence electrons. The van der Waals surface area contributed by atoms with E-state index in [2.05, 4.69) is 11.1 Å². The number of hydrogen-bond acceptors (Lipinski definition) is 4. The molecule has 0 bridgehead atoms. The van der Waals surface area contributed by atoms with Crippen LogP contribution in [-0.4, -0.2) is 18.2 Å². The zero-order chi connectivity index (χ0) is 15.7. The second-order valence-corrected chi connectivity index (χ2v) is 5.90. The predicted molar refractivity (Wildman–Crippen MR) is 86.7 cm³/mol. The van der Waals surface area contributed by atoms with Crippen LogP contribution in [0.15, 0.2) is 24.3 Å². The number of nitrogens with two attached hydrogens (primary N) is 1. The van der Waals surface area contributed by atoms with Gasteiger partial charge in [0.2, 0.25) is 0 Å². The maximum Gasteiger partial charge on any atom is 0.142 e. The first-order valence-corrected chi connectivity index (χ1v) is 7.52. The molecule has 1 aliphatic rings. The Morgan fingerprint density at radius 3 is 2.86 bits per heavy atom. The summed E-state index contributed by atoms with van der Waals surface area (Å²) in [6.45, 7) is 3.29. The molecule has 2 aromatic rings. The molecule has 2 N–H and O–H groups in total. The maximum atomic E-state index is 9.37. The van der Waals surface area contributed by atoms with Crippen LogP contribution in [-0.2, 0) is 4.74 Å². The summed E-state index contributed by atoms with van der Waals surface area (Å²) in [6, 6.07) is 9.87. The Kier molecular flexibility index (Phi) is 4.02. The number of nitriles is 1. The van der Waals surface area contributed by atoms with E-state index in [4.69, 9.17) is 22.1 Å². The lowest BCUT2D eigenvalue weighted by Gasteiger charge is -2.14. The van der Waals surface area contributed by atoms with Crippen LogP contribution in [0.25, 0.3) is 11.3 Å². The standard InChI is InChI=1S/C17H16ClN3O/c1-10-6-11(2-3-15(10)18)16-7-13(12-4-5-22-9-12)14(8-19)17(20)21-16/h2-3,6-7,12H,4-5,9H2,1H3,(H2,20,21)/t12-/m1/s1. The van der Waals surface area contributed by atoms with Crippen LogP contribution < -0.4 is 5.73 Å². The highest BCUT2D eigenvalue weighted by molar-refractivity contribution is 6.31. The number of nitrogen functional groups attached to an aromatic ring is 1. The van der Waals surface area contributed by atoms with Gasteiger partial charge >= 0.3 is 0 Å². The zero-order valence-electron chi connectivity index (χ0n) is 12.3. The molecule has 4 nitrogen and oxygen atoms in total. The summed E-state index contributed by atoms with van der Waals surface area (Å²) in [6.07, 6.45) is 0.900. The van der Waals surface area contributed by atoms with Crippen LogP contribution in [0.1, 0.15) is 29.0 Å². The van der Waals surface area contributed by atoms with Gasteiger partial charge in [-0.3, -0.25) is 0 Å². The first-order chi connectivity index (χ1) is 10.6. The third-order valence-corrected chi connectivity index (χ3v) is 4.44. The van der Waals surface area contributed by atoms with Crippen molar-refractivity contribution in [2.45, 2.75) is 19.3 Å². The minimum atomic E-state index is 0.201. The van der Waals surface area contributed by atoms with Crippen LogP contribution in [0.4, 0.5) is 5.82 Å². The fourth-order valence-corrected chi connectivity index (χ4v) is 2.88. The Morgan fingerprint density at radius 2 is 2.23 bits per heavy atom. The molecule has 1 aromatic heterocycles. The summed E-state index contributed by atoms with van der Waals surface area (Å²) in [7, 11) is 0. The van der Waals surface area contributed by atoms with Crippen molar-refractivity contribution < 1.29 is 4.74 Å². The average molecular weight is 314 g/mol. The summed E-state index contributed by atoms with van der Waals surface area (Å²) in [5.74, 6) is 0.474.